The molecule has 0 spiro atoms. The van der Waals surface area contributed by atoms with Crippen molar-refractivity contribution in [2.75, 3.05) is 31.1 Å². The van der Waals surface area contributed by atoms with Crippen molar-refractivity contribution in [2.45, 2.75) is 12.2 Å². The Morgan fingerprint density at radius 2 is 1.76 bits per heavy atom. The number of halogens is 3. The Labute approximate surface area is 186 Å². The zero-order valence-corrected chi connectivity index (χ0v) is 17.6. The fourth-order valence-corrected chi connectivity index (χ4v) is 4.21. The number of aromatic carboxylic acids is 1. The van der Waals surface area contributed by atoms with Gasteiger partial charge in [0.25, 0.3) is 0 Å². The maximum absolute atomic E-state index is 12.8. The van der Waals surface area contributed by atoms with Crippen molar-refractivity contribution in [2.24, 2.45) is 7.05 Å². The predicted molar refractivity (Wildman–Crippen MR) is 113 cm³/mol. The summed E-state index contributed by atoms with van der Waals surface area (Å²) in [4.78, 5) is 31.2. The van der Waals surface area contributed by atoms with E-state index in [0.29, 0.717) is 48.5 Å². The molecule has 1 saturated heterocycles. The molecule has 1 aliphatic rings. The van der Waals surface area contributed by atoms with Gasteiger partial charge in [-0.1, -0.05) is 0 Å². The molecule has 0 radical (unpaired) electrons. The van der Waals surface area contributed by atoms with Crippen molar-refractivity contribution < 1.29 is 33.0 Å². The molecule has 0 amide bonds. The van der Waals surface area contributed by atoms with Crippen LogP contribution in [0.2, 0.25) is 0 Å². The molecule has 0 saturated carbocycles. The Morgan fingerprint density at radius 1 is 1.06 bits per heavy atom. The minimum atomic E-state index is -4.46. The van der Waals surface area contributed by atoms with Crippen LogP contribution in [0.5, 0.6) is 0 Å². The van der Waals surface area contributed by atoms with E-state index < -0.39 is 29.7 Å². The number of piperazine rings is 1. The van der Waals surface area contributed by atoms with Crippen LogP contribution in [-0.2, 0) is 18.0 Å². The van der Waals surface area contributed by atoms with Gasteiger partial charge in [0.2, 0.25) is 0 Å². The molecule has 3 heterocycles. The van der Waals surface area contributed by atoms with Crippen molar-refractivity contribution >= 4 is 28.7 Å². The van der Waals surface area contributed by atoms with E-state index in [-0.39, 0.29) is 5.56 Å². The number of pyridine rings is 1. The van der Waals surface area contributed by atoms with Crippen molar-refractivity contribution in [3.8, 4) is 0 Å². The average Bonchev–Trinajstić information content (AvgIpc) is 3.09. The second-order valence-electron chi connectivity index (χ2n) is 7.90. The molecule has 1 unspecified atom stereocenters. The normalized spacial score (nSPS) is 16.2. The Balaban J connectivity index is 1.57. The number of alkyl halides is 3. The lowest BCUT2D eigenvalue weighted by molar-refractivity contribution is -0.143. The number of carbonyl (C=O) groups is 2. The maximum Gasteiger partial charge on any atom is 0.417 e. The SMILES string of the molecule is Cn1cc(C(C(=O)O)N2CCN(c3ccc(C(F)(F)F)cn3)CC2)c2cc(C(=O)O)ccc21. The quantitative estimate of drug-likeness (QED) is 0.601. The summed E-state index contributed by atoms with van der Waals surface area (Å²) in [5.74, 6) is -1.77. The molecular weight excluding hydrogens is 441 g/mol. The van der Waals surface area contributed by atoms with Crippen LogP contribution in [-0.4, -0.2) is 62.8 Å². The van der Waals surface area contributed by atoms with Gasteiger partial charge in [-0.25, -0.2) is 9.78 Å². The van der Waals surface area contributed by atoms with Gasteiger partial charge in [0.15, 0.2) is 0 Å². The number of benzene rings is 1. The molecule has 0 bridgehead atoms. The van der Waals surface area contributed by atoms with Gasteiger partial charge in [-0.15, -0.1) is 0 Å². The Kier molecular flexibility index (Phi) is 5.75. The summed E-state index contributed by atoms with van der Waals surface area (Å²) in [5, 5.41) is 19.9. The fourth-order valence-electron chi connectivity index (χ4n) is 4.21. The van der Waals surface area contributed by atoms with Gasteiger partial charge in [-0.05, 0) is 30.3 Å². The van der Waals surface area contributed by atoms with Crippen LogP contribution >= 0.6 is 0 Å². The predicted octanol–water partition coefficient (Wildman–Crippen LogP) is 3.24. The lowest BCUT2D eigenvalue weighted by atomic mass is 10.0. The molecule has 2 N–H and O–H groups in total. The third kappa shape index (κ3) is 4.36. The monoisotopic (exact) mass is 462 g/mol. The molecular formula is C22H21F3N4O4. The van der Waals surface area contributed by atoms with E-state index in [9.17, 15) is 33.0 Å². The van der Waals surface area contributed by atoms with Gasteiger partial charge >= 0.3 is 18.1 Å². The molecule has 4 rings (SSSR count). The highest BCUT2D eigenvalue weighted by atomic mass is 19.4. The number of carboxylic acids is 2. The van der Waals surface area contributed by atoms with Gasteiger partial charge < -0.3 is 19.7 Å². The Hall–Kier alpha value is -3.60. The minimum Gasteiger partial charge on any atom is -0.480 e. The number of rotatable bonds is 5. The van der Waals surface area contributed by atoms with Gasteiger partial charge in [0, 0.05) is 62.1 Å². The van der Waals surface area contributed by atoms with Gasteiger partial charge in [0.1, 0.15) is 11.9 Å². The summed E-state index contributed by atoms with van der Waals surface area (Å²) in [6.07, 6.45) is -1.98. The molecule has 11 heteroatoms. The Morgan fingerprint density at radius 3 is 2.30 bits per heavy atom. The van der Waals surface area contributed by atoms with Crippen LogP contribution in [0.1, 0.15) is 27.5 Å². The number of aliphatic carboxylic acids is 1. The first-order valence-electron chi connectivity index (χ1n) is 10.1. The molecule has 1 fully saturated rings. The number of nitrogens with zero attached hydrogens (tertiary/aromatic N) is 4. The molecule has 0 aliphatic carbocycles. The number of anilines is 1. The summed E-state index contributed by atoms with van der Waals surface area (Å²) < 4.78 is 40.1. The van der Waals surface area contributed by atoms with E-state index in [2.05, 4.69) is 4.98 Å². The summed E-state index contributed by atoms with van der Waals surface area (Å²) in [5.41, 5.74) is 0.447. The highest BCUT2D eigenvalue weighted by molar-refractivity contribution is 5.96. The molecule has 1 atom stereocenters. The largest absolute Gasteiger partial charge is 0.480 e. The van der Waals surface area contributed by atoms with E-state index >= 15 is 0 Å². The van der Waals surface area contributed by atoms with Crippen LogP contribution in [0, 0.1) is 0 Å². The summed E-state index contributed by atoms with van der Waals surface area (Å²) >= 11 is 0. The highest BCUT2D eigenvalue weighted by Gasteiger charge is 2.34. The van der Waals surface area contributed by atoms with Crippen molar-refractivity contribution in [3.63, 3.8) is 0 Å². The van der Waals surface area contributed by atoms with E-state index in [0.717, 1.165) is 12.3 Å². The molecule has 174 valence electrons. The zero-order chi connectivity index (χ0) is 23.9. The average molecular weight is 462 g/mol. The maximum atomic E-state index is 12.8. The van der Waals surface area contributed by atoms with Crippen molar-refractivity contribution in [1.82, 2.24) is 14.5 Å². The van der Waals surface area contributed by atoms with Gasteiger partial charge in [0.05, 0.1) is 11.1 Å². The number of aromatic nitrogens is 2. The van der Waals surface area contributed by atoms with Crippen LogP contribution in [0.15, 0.2) is 42.7 Å². The lowest BCUT2D eigenvalue weighted by Gasteiger charge is -2.38. The van der Waals surface area contributed by atoms with Crippen LogP contribution in [0.3, 0.4) is 0 Å². The Bertz CT molecular complexity index is 1200. The summed E-state index contributed by atoms with van der Waals surface area (Å²) in [7, 11) is 1.76. The number of fused-ring (bicyclic) bond motifs is 1. The van der Waals surface area contributed by atoms with Crippen molar-refractivity contribution in [1.29, 1.82) is 0 Å². The first kappa shape index (κ1) is 22.6. The fraction of sp³-hybridized carbons (Fsp3) is 0.318. The molecule has 1 aliphatic heterocycles. The second kappa shape index (κ2) is 8.39. The first-order chi connectivity index (χ1) is 15.6. The molecule has 2 aromatic heterocycles. The first-order valence-corrected chi connectivity index (χ1v) is 10.1. The van der Waals surface area contributed by atoms with Gasteiger partial charge in [-0.3, -0.25) is 9.69 Å². The molecule has 33 heavy (non-hydrogen) atoms. The number of carboxylic acid groups (broad SMARTS) is 2. The summed E-state index contributed by atoms with van der Waals surface area (Å²) in [6, 6.07) is 5.89. The standard InChI is InChI=1S/C22H21F3N4O4/c1-27-12-16(15-10-13(20(30)31)2-4-17(15)27)19(21(32)33)29-8-6-28(7-9-29)18-5-3-14(11-26-18)22(23,24)25/h2-5,10-12,19H,6-9H2,1H3,(H,30,31)(H,32,33). The third-order valence-electron chi connectivity index (χ3n) is 5.87. The van der Waals surface area contributed by atoms with E-state index in [1.54, 1.807) is 33.7 Å². The van der Waals surface area contributed by atoms with Gasteiger partial charge in [-0.2, -0.15) is 13.2 Å². The minimum absolute atomic E-state index is 0.0669. The molecule has 3 aromatic rings. The van der Waals surface area contributed by atoms with Crippen LogP contribution in [0.25, 0.3) is 10.9 Å². The second-order valence-corrected chi connectivity index (χ2v) is 7.90. The lowest BCUT2D eigenvalue weighted by Crippen LogP contribution is -2.49. The van der Waals surface area contributed by atoms with E-state index in [4.69, 9.17) is 0 Å². The van der Waals surface area contributed by atoms with Crippen LogP contribution < -0.4 is 4.90 Å². The third-order valence-corrected chi connectivity index (χ3v) is 5.87. The number of hydrogen-bond acceptors (Lipinski definition) is 5. The molecule has 8 nitrogen and oxygen atoms in total. The molecule has 1 aromatic carbocycles. The highest BCUT2D eigenvalue weighted by Crippen LogP contribution is 2.33. The smallest absolute Gasteiger partial charge is 0.417 e. The van der Waals surface area contributed by atoms with E-state index in [1.165, 1.54) is 18.2 Å². The van der Waals surface area contributed by atoms with E-state index in [1.807, 2.05) is 0 Å². The number of aryl methyl sites for hydroxylation is 1. The zero-order valence-electron chi connectivity index (χ0n) is 17.6. The van der Waals surface area contributed by atoms with Crippen molar-refractivity contribution in [3.05, 3.63) is 59.4 Å². The number of hydrogen-bond donors (Lipinski definition) is 2. The van der Waals surface area contributed by atoms with Crippen LogP contribution in [0.4, 0.5) is 19.0 Å². The topological polar surface area (TPSA) is 98.9 Å². The summed E-state index contributed by atoms with van der Waals surface area (Å²) in [6.45, 7) is 1.45.